The van der Waals surface area contributed by atoms with Crippen molar-refractivity contribution in [1.29, 1.82) is 0 Å². The number of carbonyl (C=O) groups excluding carboxylic acids is 2. The lowest BCUT2D eigenvalue weighted by atomic mass is 10.2. The topological polar surface area (TPSA) is 81.7 Å². The molecule has 1 unspecified atom stereocenters. The van der Waals surface area contributed by atoms with E-state index in [1.807, 2.05) is 19.9 Å². The summed E-state index contributed by atoms with van der Waals surface area (Å²) in [6, 6.07) is 1.49. The van der Waals surface area contributed by atoms with E-state index in [1.165, 1.54) is 4.90 Å². The third-order valence-electron chi connectivity index (χ3n) is 4.20. The van der Waals surface area contributed by atoms with Crippen molar-refractivity contribution in [3.05, 3.63) is 17.6 Å². The van der Waals surface area contributed by atoms with Crippen LogP contribution in [0.1, 0.15) is 18.4 Å². The highest BCUT2D eigenvalue weighted by Crippen LogP contribution is 2.14. The fourth-order valence-corrected chi connectivity index (χ4v) is 2.93. The Morgan fingerprint density at radius 2 is 1.84 bits per heavy atom. The van der Waals surface area contributed by atoms with Crippen LogP contribution in [-0.4, -0.2) is 84.4 Å². The lowest BCUT2D eigenvalue weighted by Crippen LogP contribution is -2.52. The Hall–Kier alpha value is -2.22. The van der Waals surface area contributed by atoms with E-state index in [0.717, 1.165) is 43.5 Å². The molecule has 2 amide bonds. The molecule has 138 valence electrons. The Morgan fingerprint density at radius 1 is 1.20 bits per heavy atom. The minimum Gasteiger partial charge on any atom is -0.354 e. The quantitative estimate of drug-likeness (QED) is 0.794. The highest BCUT2D eigenvalue weighted by Gasteiger charge is 2.22. The first-order valence-electron chi connectivity index (χ1n) is 8.56. The standard InChI is InChI=1S/C17H28N6O2/c1-12-10-15(20-14(3)18-12)23-8-6-22(7-9-23)11-16(24)19-13(2)17(25)21(4)5/h10,13H,6-9,11H2,1-5H3,(H,19,24). The number of nitrogens with zero attached hydrogens (tertiary/aromatic N) is 5. The van der Waals surface area contributed by atoms with Gasteiger partial charge in [-0.25, -0.2) is 9.97 Å². The SMILES string of the molecule is Cc1cc(N2CCN(CC(=O)NC(C)C(=O)N(C)C)CC2)nc(C)n1. The average molecular weight is 348 g/mol. The number of hydrogen-bond donors (Lipinski definition) is 1. The molecule has 1 aliphatic rings. The van der Waals surface area contributed by atoms with Gasteiger partial charge in [0.15, 0.2) is 0 Å². The summed E-state index contributed by atoms with van der Waals surface area (Å²) in [6.45, 7) is 9.07. The van der Waals surface area contributed by atoms with Gasteiger partial charge in [-0.1, -0.05) is 0 Å². The van der Waals surface area contributed by atoms with Gasteiger partial charge in [0.25, 0.3) is 0 Å². The molecule has 0 saturated carbocycles. The molecule has 8 nitrogen and oxygen atoms in total. The zero-order chi connectivity index (χ0) is 18.6. The molecular formula is C17H28N6O2. The summed E-state index contributed by atoms with van der Waals surface area (Å²) in [5, 5.41) is 2.76. The molecule has 2 heterocycles. The van der Waals surface area contributed by atoms with Gasteiger partial charge in [-0.2, -0.15) is 0 Å². The zero-order valence-electron chi connectivity index (χ0n) is 15.7. The summed E-state index contributed by atoms with van der Waals surface area (Å²) in [6.07, 6.45) is 0. The van der Waals surface area contributed by atoms with Crippen molar-refractivity contribution in [2.24, 2.45) is 0 Å². The van der Waals surface area contributed by atoms with Crippen LogP contribution in [0.3, 0.4) is 0 Å². The Balaban J connectivity index is 1.82. The molecule has 8 heteroatoms. The van der Waals surface area contributed by atoms with E-state index in [4.69, 9.17) is 0 Å². The Kier molecular flexibility index (Phi) is 6.30. The van der Waals surface area contributed by atoms with Gasteiger partial charge >= 0.3 is 0 Å². The first kappa shape index (κ1) is 19.1. The number of aryl methyl sites for hydroxylation is 2. The van der Waals surface area contributed by atoms with E-state index in [-0.39, 0.29) is 11.8 Å². The van der Waals surface area contributed by atoms with Crippen LogP contribution in [0.15, 0.2) is 6.07 Å². The summed E-state index contributed by atoms with van der Waals surface area (Å²) in [7, 11) is 3.36. The predicted molar refractivity (Wildman–Crippen MR) is 96.5 cm³/mol. The maximum Gasteiger partial charge on any atom is 0.244 e. The van der Waals surface area contributed by atoms with Gasteiger partial charge in [-0.3, -0.25) is 14.5 Å². The van der Waals surface area contributed by atoms with E-state index in [0.29, 0.717) is 6.54 Å². The number of piperazine rings is 1. The normalized spacial score (nSPS) is 16.4. The molecule has 25 heavy (non-hydrogen) atoms. The molecule has 1 atom stereocenters. The number of aromatic nitrogens is 2. The zero-order valence-corrected chi connectivity index (χ0v) is 15.7. The van der Waals surface area contributed by atoms with Crippen LogP contribution < -0.4 is 10.2 Å². The van der Waals surface area contributed by atoms with E-state index >= 15 is 0 Å². The van der Waals surface area contributed by atoms with E-state index < -0.39 is 6.04 Å². The summed E-state index contributed by atoms with van der Waals surface area (Å²) in [5.41, 5.74) is 0.962. The second kappa shape index (κ2) is 8.24. The van der Waals surface area contributed by atoms with Gasteiger partial charge in [0, 0.05) is 52.0 Å². The number of amides is 2. The average Bonchev–Trinajstić information content (AvgIpc) is 2.53. The lowest BCUT2D eigenvalue weighted by Gasteiger charge is -2.35. The Bertz CT molecular complexity index is 605. The van der Waals surface area contributed by atoms with Crippen molar-refractivity contribution in [2.45, 2.75) is 26.8 Å². The molecule has 1 N–H and O–H groups in total. The second-order valence-corrected chi connectivity index (χ2v) is 6.70. The van der Waals surface area contributed by atoms with Crippen molar-refractivity contribution in [2.75, 3.05) is 51.7 Å². The predicted octanol–water partition coefficient (Wildman–Crippen LogP) is -0.192. The molecule has 0 aromatic carbocycles. The third-order valence-corrected chi connectivity index (χ3v) is 4.20. The van der Waals surface area contributed by atoms with E-state index in [9.17, 15) is 9.59 Å². The molecule has 1 aromatic heterocycles. The summed E-state index contributed by atoms with van der Waals surface area (Å²) >= 11 is 0. The van der Waals surface area contributed by atoms with E-state index in [2.05, 4.69) is 25.1 Å². The Labute approximate surface area is 149 Å². The molecule has 2 rings (SSSR count). The van der Waals surface area contributed by atoms with Crippen LogP contribution in [0.25, 0.3) is 0 Å². The lowest BCUT2D eigenvalue weighted by molar-refractivity contribution is -0.134. The first-order valence-corrected chi connectivity index (χ1v) is 8.56. The minimum atomic E-state index is -0.504. The van der Waals surface area contributed by atoms with Crippen LogP contribution in [0.2, 0.25) is 0 Å². The summed E-state index contributed by atoms with van der Waals surface area (Å²) in [5.74, 6) is 1.49. The van der Waals surface area contributed by atoms with Gasteiger partial charge in [0.1, 0.15) is 17.7 Å². The number of rotatable bonds is 5. The molecular weight excluding hydrogens is 320 g/mol. The van der Waals surface area contributed by atoms with Crippen molar-refractivity contribution >= 4 is 17.6 Å². The fraction of sp³-hybridized carbons (Fsp3) is 0.647. The summed E-state index contributed by atoms with van der Waals surface area (Å²) < 4.78 is 0. The maximum absolute atomic E-state index is 12.1. The smallest absolute Gasteiger partial charge is 0.244 e. The van der Waals surface area contributed by atoms with Gasteiger partial charge in [-0.15, -0.1) is 0 Å². The maximum atomic E-state index is 12.1. The minimum absolute atomic E-state index is 0.104. The first-order chi connectivity index (χ1) is 11.8. The van der Waals surface area contributed by atoms with Crippen LogP contribution in [-0.2, 0) is 9.59 Å². The number of carbonyl (C=O) groups is 2. The second-order valence-electron chi connectivity index (χ2n) is 6.70. The largest absolute Gasteiger partial charge is 0.354 e. The molecule has 1 fully saturated rings. The molecule has 0 radical (unpaired) electrons. The van der Waals surface area contributed by atoms with Crippen LogP contribution >= 0.6 is 0 Å². The monoisotopic (exact) mass is 348 g/mol. The molecule has 1 aromatic rings. The highest BCUT2D eigenvalue weighted by atomic mass is 16.2. The fourth-order valence-electron chi connectivity index (χ4n) is 2.93. The molecule has 1 aliphatic heterocycles. The van der Waals surface area contributed by atoms with Crippen LogP contribution in [0, 0.1) is 13.8 Å². The molecule has 0 spiro atoms. The molecule has 1 saturated heterocycles. The molecule has 0 bridgehead atoms. The number of nitrogens with one attached hydrogen (secondary N) is 1. The summed E-state index contributed by atoms with van der Waals surface area (Å²) in [4.78, 5) is 38.5. The van der Waals surface area contributed by atoms with Gasteiger partial charge in [-0.05, 0) is 20.8 Å². The number of anilines is 1. The van der Waals surface area contributed by atoms with Gasteiger partial charge in [0.2, 0.25) is 11.8 Å². The highest BCUT2D eigenvalue weighted by molar-refractivity contribution is 5.87. The van der Waals surface area contributed by atoms with Crippen molar-refractivity contribution in [1.82, 2.24) is 25.1 Å². The van der Waals surface area contributed by atoms with Crippen molar-refractivity contribution in [3.63, 3.8) is 0 Å². The van der Waals surface area contributed by atoms with Crippen molar-refractivity contribution < 1.29 is 9.59 Å². The van der Waals surface area contributed by atoms with Crippen LogP contribution in [0.4, 0.5) is 5.82 Å². The Morgan fingerprint density at radius 3 is 2.40 bits per heavy atom. The van der Waals surface area contributed by atoms with Crippen molar-refractivity contribution in [3.8, 4) is 0 Å². The van der Waals surface area contributed by atoms with Gasteiger partial charge in [0.05, 0.1) is 6.54 Å². The third kappa shape index (κ3) is 5.38. The van der Waals surface area contributed by atoms with Crippen LogP contribution in [0.5, 0.6) is 0 Å². The molecule has 0 aliphatic carbocycles. The van der Waals surface area contributed by atoms with E-state index in [1.54, 1.807) is 21.0 Å². The number of likely N-dealkylation sites (N-methyl/N-ethyl adjacent to an activating group) is 1. The van der Waals surface area contributed by atoms with Gasteiger partial charge < -0.3 is 15.1 Å². The number of hydrogen-bond acceptors (Lipinski definition) is 6.